The number of aromatic nitrogens is 1. The molecule has 0 aromatic carbocycles. The fourth-order valence-electron chi connectivity index (χ4n) is 1.21. The zero-order chi connectivity index (χ0) is 12.3. The highest BCUT2D eigenvalue weighted by Crippen LogP contribution is 2.30. The van der Waals surface area contributed by atoms with Gasteiger partial charge in [-0.05, 0) is 31.4 Å². The van der Waals surface area contributed by atoms with Crippen molar-refractivity contribution >= 4 is 11.6 Å². The molecule has 1 rings (SSSR count). The number of hydrogen-bond donors (Lipinski definition) is 1. The Bertz CT molecular complexity index is 364. The third-order valence-electron chi connectivity index (χ3n) is 2.11. The van der Waals surface area contributed by atoms with E-state index in [0.29, 0.717) is 18.4 Å². The van der Waals surface area contributed by atoms with Gasteiger partial charge in [0.1, 0.15) is 5.15 Å². The molecule has 1 aromatic heterocycles. The molecule has 0 amide bonds. The predicted octanol–water partition coefficient (Wildman–Crippen LogP) is 3.03. The third kappa shape index (κ3) is 3.64. The van der Waals surface area contributed by atoms with Crippen LogP contribution in [0, 0.1) is 0 Å². The van der Waals surface area contributed by atoms with Gasteiger partial charge in [-0.15, -0.1) is 0 Å². The summed E-state index contributed by atoms with van der Waals surface area (Å²) >= 11 is 5.71. The van der Waals surface area contributed by atoms with Gasteiger partial charge in [-0.3, -0.25) is 0 Å². The van der Waals surface area contributed by atoms with Crippen molar-refractivity contribution in [1.29, 1.82) is 0 Å². The number of hydrogen-bond acceptors (Lipinski definition) is 2. The van der Waals surface area contributed by atoms with Crippen molar-refractivity contribution in [3.63, 3.8) is 0 Å². The molecule has 0 aliphatic heterocycles. The average Bonchev–Trinajstić information content (AvgIpc) is 2.14. The van der Waals surface area contributed by atoms with E-state index >= 15 is 0 Å². The summed E-state index contributed by atoms with van der Waals surface area (Å²) in [6, 6.07) is 0.947. The summed E-state index contributed by atoms with van der Waals surface area (Å²) in [5, 5.41) is 0.105. The van der Waals surface area contributed by atoms with Gasteiger partial charge in [0.25, 0.3) is 0 Å². The Labute approximate surface area is 96.6 Å². The van der Waals surface area contributed by atoms with Crippen LogP contribution < -0.4 is 5.73 Å². The van der Waals surface area contributed by atoms with Crippen LogP contribution in [0.2, 0.25) is 5.15 Å². The minimum atomic E-state index is -4.39. The summed E-state index contributed by atoms with van der Waals surface area (Å²) < 4.78 is 37.2. The molecule has 90 valence electrons. The van der Waals surface area contributed by atoms with E-state index in [2.05, 4.69) is 4.98 Å². The normalized spacial score (nSPS) is 13.9. The average molecular weight is 253 g/mol. The van der Waals surface area contributed by atoms with Crippen molar-refractivity contribution in [2.45, 2.75) is 32.0 Å². The van der Waals surface area contributed by atoms with E-state index in [1.165, 1.54) is 0 Å². The summed E-state index contributed by atoms with van der Waals surface area (Å²) in [6.45, 7) is 1.79. The Kier molecular flexibility index (Phi) is 4.15. The number of aryl methyl sites for hydroxylation is 1. The lowest BCUT2D eigenvalue weighted by Gasteiger charge is -2.10. The number of nitrogens with zero attached hydrogens (tertiary/aromatic N) is 1. The first-order chi connectivity index (χ1) is 7.30. The molecule has 0 aliphatic carbocycles. The number of nitrogens with two attached hydrogens (primary N) is 1. The second-order valence-electron chi connectivity index (χ2n) is 3.69. The van der Waals surface area contributed by atoms with Crippen LogP contribution >= 0.6 is 11.6 Å². The van der Waals surface area contributed by atoms with Crippen molar-refractivity contribution in [3.05, 3.63) is 28.5 Å². The topological polar surface area (TPSA) is 38.9 Å². The SMILES string of the molecule is C[C@H](N)CCc1cc(C(F)(F)F)cnc1Cl. The molecule has 0 unspecified atom stereocenters. The smallest absolute Gasteiger partial charge is 0.328 e. The molecule has 0 spiro atoms. The van der Waals surface area contributed by atoms with E-state index in [4.69, 9.17) is 17.3 Å². The molecule has 2 N–H and O–H groups in total. The van der Waals surface area contributed by atoms with E-state index in [0.717, 1.165) is 12.3 Å². The molecule has 0 radical (unpaired) electrons. The van der Waals surface area contributed by atoms with Gasteiger partial charge in [0.2, 0.25) is 0 Å². The lowest BCUT2D eigenvalue weighted by Crippen LogP contribution is -2.16. The monoisotopic (exact) mass is 252 g/mol. The fraction of sp³-hybridized carbons (Fsp3) is 0.500. The highest BCUT2D eigenvalue weighted by Gasteiger charge is 2.31. The van der Waals surface area contributed by atoms with Crippen molar-refractivity contribution in [2.24, 2.45) is 5.73 Å². The third-order valence-corrected chi connectivity index (χ3v) is 2.45. The molecule has 1 heterocycles. The van der Waals surface area contributed by atoms with Crippen molar-refractivity contribution in [3.8, 4) is 0 Å². The standard InChI is InChI=1S/C10H12ClF3N2/c1-6(15)2-3-7-4-8(10(12,13)14)5-16-9(7)11/h4-6H,2-3,15H2,1H3/t6-/m0/s1. The summed E-state index contributed by atoms with van der Waals surface area (Å²) in [4.78, 5) is 3.53. The van der Waals surface area contributed by atoms with Gasteiger partial charge >= 0.3 is 6.18 Å². The zero-order valence-electron chi connectivity index (χ0n) is 8.68. The van der Waals surface area contributed by atoms with E-state index in [1.54, 1.807) is 6.92 Å². The molecule has 0 fully saturated rings. The Morgan fingerprint density at radius 1 is 1.50 bits per heavy atom. The molecule has 6 heteroatoms. The van der Waals surface area contributed by atoms with Crippen LogP contribution in [0.3, 0.4) is 0 Å². The van der Waals surface area contributed by atoms with Gasteiger partial charge in [0, 0.05) is 12.2 Å². The van der Waals surface area contributed by atoms with Crippen LogP contribution in [-0.4, -0.2) is 11.0 Å². The molecule has 0 saturated carbocycles. The predicted molar refractivity (Wildman–Crippen MR) is 56.2 cm³/mol. The lowest BCUT2D eigenvalue weighted by atomic mass is 10.1. The minimum Gasteiger partial charge on any atom is -0.328 e. The maximum Gasteiger partial charge on any atom is 0.417 e. The first kappa shape index (κ1) is 13.3. The Morgan fingerprint density at radius 3 is 2.62 bits per heavy atom. The summed E-state index contributed by atoms with van der Waals surface area (Å²) in [5.74, 6) is 0. The largest absolute Gasteiger partial charge is 0.417 e. The van der Waals surface area contributed by atoms with Crippen LogP contribution in [0.4, 0.5) is 13.2 Å². The lowest BCUT2D eigenvalue weighted by molar-refractivity contribution is -0.137. The van der Waals surface area contributed by atoms with Crippen molar-refractivity contribution in [2.75, 3.05) is 0 Å². The van der Waals surface area contributed by atoms with Gasteiger partial charge < -0.3 is 5.73 Å². The van der Waals surface area contributed by atoms with Crippen molar-refractivity contribution < 1.29 is 13.2 Å². The maximum absolute atomic E-state index is 12.4. The summed E-state index contributed by atoms with van der Waals surface area (Å²) in [7, 11) is 0. The van der Waals surface area contributed by atoms with Crippen LogP contribution in [0.15, 0.2) is 12.3 Å². The quantitative estimate of drug-likeness (QED) is 0.840. The molecule has 16 heavy (non-hydrogen) atoms. The van der Waals surface area contributed by atoms with Gasteiger partial charge in [-0.25, -0.2) is 4.98 Å². The first-order valence-electron chi connectivity index (χ1n) is 4.78. The number of halogens is 4. The second-order valence-corrected chi connectivity index (χ2v) is 4.05. The van der Waals surface area contributed by atoms with E-state index < -0.39 is 11.7 Å². The van der Waals surface area contributed by atoms with E-state index in [9.17, 15) is 13.2 Å². The molecular weight excluding hydrogens is 241 g/mol. The van der Waals surface area contributed by atoms with Crippen LogP contribution in [-0.2, 0) is 12.6 Å². The highest BCUT2D eigenvalue weighted by molar-refractivity contribution is 6.30. The maximum atomic E-state index is 12.4. The van der Waals surface area contributed by atoms with E-state index in [1.807, 2.05) is 0 Å². The molecule has 1 atom stereocenters. The van der Waals surface area contributed by atoms with E-state index in [-0.39, 0.29) is 11.2 Å². The summed E-state index contributed by atoms with van der Waals surface area (Å²) in [6.07, 6.45) is -2.69. The summed E-state index contributed by atoms with van der Waals surface area (Å²) in [5.41, 5.74) is 5.13. The van der Waals surface area contributed by atoms with Gasteiger partial charge in [0.15, 0.2) is 0 Å². The van der Waals surface area contributed by atoms with Crippen LogP contribution in [0.25, 0.3) is 0 Å². The molecule has 0 aliphatic rings. The number of pyridine rings is 1. The first-order valence-corrected chi connectivity index (χ1v) is 5.15. The molecule has 0 saturated heterocycles. The molecular formula is C10H12ClF3N2. The van der Waals surface area contributed by atoms with Gasteiger partial charge in [-0.2, -0.15) is 13.2 Å². The zero-order valence-corrected chi connectivity index (χ0v) is 9.44. The molecule has 0 bridgehead atoms. The fourth-order valence-corrected chi connectivity index (χ4v) is 1.41. The number of alkyl halides is 3. The molecule has 1 aromatic rings. The number of rotatable bonds is 3. The second kappa shape index (κ2) is 5.01. The van der Waals surface area contributed by atoms with Crippen molar-refractivity contribution in [1.82, 2.24) is 4.98 Å². The Balaban J connectivity index is 2.91. The minimum absolute atomic E-state index is 0.0781. The highest BCUT2D eigenvalue weighted by atomic mass is 35.5. The Hall–Kier alpha value is -0.810. The van der Waals surface area contributed by atoms with Gasteiger partial charge in [-0.1, -0.05) is 11.6 Å². The van der Waals surface area contributed by atoms with Crippen LogP contribution in [0.1, 0.15) is 24.5 Å². The van der Waals surface area contributed by atoms with Gasteiger partial charge in [0.05, 0.1) is 5.56 Å². The Morgan fingerprint density at radius 2 is 2.12 bits per heavy atom. The molecule has 2 nitrogen and oxygen atoms in total. The van der Waals surface area contributed by atoms with Crippen LogP contribution in [0.5, 0.6) is 0 Å².